The molecular weight excluding hydrogens is 411 g/mol. The molecule has 1 aromatic carbocycles. The van der Waals surface area contributed by atoms with Crippen molar-refractivity contribution in [3.05, 3.63) is 35.9 Å². The van der Waals surface area contributed by atoms with Gasteiger partial charge in [-0.25, -0.2) is 0 Å². The van der Waals surface area contributed by atoms with Crippen LogP contribution in [0.1, 0.15) is 31.2 Å². The number of nitrogens with zero attached hydrogens (tertiary/aromatic N) is 2. The quantitative estimate of drug-likeness (QED) is 0.675. The topological polar surface area (TPSA) is 64.7 Å². The van der Waals surface area contributed by atoms with Crippen LogP contribution < -0.4 is 10.6 Å². The van der Waals surface area contributed by atoms with E-state index >= 15 is 0 Å². The molecule has 2 heterocycles. The van der Waals surface area contributed by atoms with Gasteiger partial charge in [-0.05, 0) is 43.8 Å². The lowest BCUT2D eigenvalue weighted by Gasteiger charge is -2.34. The van der Waals surface area contributed by atoms with E-state index in [1.165, 1.54) is 12.8 Å². The second-order valence-corrected chi connectivity index (χ2v) is 7.65. The van der Waals surface area contributed by atoms with Gasteiger partial charge in [0.1, 0.15) is 0 Å². The van der Waals surface area contributed by atoms with E-state index in [1.807, 2.05) is 35.2 Å². The van der Waals surface area contributed by atoms with Gasteiger partial charge in [-0.15, -0.1) is 24.8 Å². The number of nitrogens with one attached hydrogen (secondary N) is 2. The third-order valence-corrected chi connectivity index (χ3v) is 5.65. The first kappa shape index (κ1) is 25.7. The summed E-state index contributed by atoms with van der Waals surface area (Å²) >= 11 is 0. The molecule has 29 heavy (non-hydrogen) atoms. The van der Waals surface area contributed by atoms with E-state index in [0.29, 0.717) is 25.4 Å². The van der Waals surface area contributed by atoms with Crippen LogP contribution >= 0.6 is 24.8 Å². The van der Waals surface area contributed by atoms with Crippen LogP contribution in [0.4, 0.5) is 0 Å². The monoisotopic (exact) mass is 444 g/mol. The van der Waals surface area contributed by atoms with Crippen LogP contribution in [0.5, 0.6) is 0 Å². The fourth-order valence-corrected chi connectivity index (χ4v) is 3.87. The minimum atomic E-state index is 0. The zero-order valence-electron chi connectivity index (χ0n) is 17.0. The van der Waals surface area contributed by atoms with Gasteiger partial charge >= 0.3 is 0 Å². The fourth-order valence-electron chi connectivity index (χ4n) is 3.87. The maximum Gasteiger partial charge on any atom is 0.234 e. The predicted molar refractivity (Wildman–Crippen MR) is 121 cm³/mol. The van der Waals surface area contributed by atoms with E-state index in [-0.39, 0.29) is 36.6 Å². The third-order valence-electron chi connectivity index (χ3n) is 5.65. The molecule has 2 saturated heterocycles. The van der Waals surface area contributed by atoms with Crippen LogP contribution in [-0.2, 0) is 16.1 Å². The van der Waals surface area contributed by atoms with E-state index in [1.54, 1.807) is 0 Å². The molecule has 0 aromatic heterocycles. The van der Waals surface area contributed by atoms with Crippen LogP contribution in [0.25, 0.3) is 0 Å². The van der Waals surface area contributed by atoms with Crippen LogP contribution in [0.15, 0.2) is 30.3 Å². The SMILES string of the molecule is Cl.Cl.O=C(CN1CCN(C(=O)CCC2CCNCC2)CC1)NCc1ccccc1. The number of carbonyl (C=O) groups excluding carboxylic acids is 2. The van der Waals surface area contributed by atoms with E-state index in [9.17, 15) is 9.59 Å². The van der Waals surface area contributed by atoms with Gasteiger partial charge in [0, 0.05) is 39.1 Å². The Hall–Kier alpha value is -1.34. The smallest absolute Gasteiger partial charge is 0.234 e. The molecule has 0 spiro atoms. The first-order chi connectivity index (χ1) is 13.2. The van der Waals surface area contributed by atoms with Crippen LogP contribution in [0, 0.1) is 5.92 Å². The molecule has 1 aromatic rings. The molecule has 2 N–H and O–H groups in total. The number of halogens is 2. The minimum Gasteiger partial charge on any atom is -0.351 e. The molecule has 8 heteroatoms. The van der Waals surface area contributed by atoms with Crippen molar-refractivity contribution in [2.24, 2.45) is 5.92 Å². The summed E-state index contributed by atoms with van der Waals surface area (Å²) < 4.78 is 0. The van der Waals surface area contributed by atoms with Crippen molar-refractivity contribution in [3.8, 4) is 0 Å². The lowest BCUT2D eigenvalue weighted by molar-refractivity contribution is -0.133. The van der Waals surface area contributed by atoms with Crippen molar-refractivity contribution in [3.63, 3.8) is 0 Å². The Bertz CT molecular complexity index is 604. The van der Waals surface area contributed by atoms with E-state index in [0.717, 1.165) is 51.3 Å². The normalized spacial score (nSPS) is 17.7. The maximum absolute atomic E-state index is 12.4. The lowest BCUT2D eigenvalue weighted by Crippen LogP contribution is -2.51. The second kappa shape index (κ2) is 13.8. The number of hydrogen-bond acceptors (Lipinski definition) is 4. The van der Waals surface area contributed by atoms with Gasteiger partial charge < -0.3 is 15.5 Å². The summed E-state index contributed by atoms with van der Waals surface area (Å²) in [5.74, 6) is 1.02. The number of rotatable bonds is 7. The Balaban J connectivity index is 0.00000210. The highest BCUT2D eigenvalue weighted by molar-refractivity contribution is 5.85. The Morgan fingerprint density at radius 2 is 1.66 bits per heavy atom. The van der Waals surface area contributed by atoms with Crippen molar-refractivity contribution < 1.29 is 9.59 Å². The average Bonchev–Trinajstić information content (AvgIpc) is 2.72. The molecule has 2 fully saturated rings. The van der Waals surface area contributed by atoms with Gasteiger partial charge in [-0.3, -0.25) is 14.5 Å². The molecule has 6 nitrogen and oxygen atoms in total. The molecule has 0 aliphatic carbocycles. The Morgan fingerprint density at radius 3 is 2.31 bits per heavy atom. The van der Waals surface area contributed by atoms with E-state index in [4.69, 9.17) is 0 Å². The molecule has 0 bridgehead atoms. The zero-order chi connectivity index (χ0) is 18.9. The Kier molecular flexibility index (Phi) is 12.2. The number of benzene rings is 1. The van der Waals surface area contributed by atoms with Gasteiger partial charge in [0.25, 0.3) is 0 Å². The average molecular weight is 445 g/mol. The number of amides is 2. The van der Waals surface area contributed by atoms with Gasteiger partial charge in [-0.1, -0.05) is 30.3 Å². The molecule has 0 atom stereocenters. The predicted octanol–water partition coefficient (Wildman–Crippen LogP) is 2.07. The van der Waals surface area contributed by atoms with Crippen molar-refractivity contribution in [2.75, 3.05) is 45.8 Å². The van der Waals surface area contributed by atoms with Crippen molar-refractivity contribution in [1.29, 1.82) is 0 Å². The molecule has 2 aliphatic heterocycles. The van der Waals surface area contributed by atoms with Crippen LogP contribution in [-0.4, -0.2) is 67.4 Å². The largest absolute Gasteiger partial charge is 0.351 e. The van der Waals surface area contributed by atoms with Crippen molar-refractivity contribution >= 4 is 36.6 Å². The maximum atomic E-state index is 12.4. The molecule has 0 saturated carbocycles. The summed E-state index contributed by atoms with van der Waals surface area (Å²) in [6, 6.07) is 9.94. The number of hydrogen-bond donors (Lipinski definition) is 2. The summed E-state index contributed by atoms with van der Waals surface area (Å²) in [7, 11) is 0. The van der Waals surface area contributed by atoms with Gasteiger partial charge in [0.15, 0.2) is 0 Å². The summed E-state index contributed by atoms with van der Waals surface area (Å²) in [6.07, 6.45) is 4.07. The molecule has 2 amide bonds. The third kappa shape index (κ3) is 8.91. The number of piperazine rings is 1. The number of piperidine rings is 1. The van der Waals surface area contributed by atoms with Gasteiger partial charge in [-0.2, -0.15) is 0 Å². The second-order valence-electron chi connectivity index (χ2n) is 7.65. The molecule has 3 rings (SSSR count). The molecule has 0 radical (unpaired) electrons. The molecule has 0 unspecified atom stereocenters. The molecule has 2 aliphatic rings. The van der Waals surface area contributed by atoms with Crippen molar-refractivity contribution in [1.82, 2.24) is 20.4 Å². The highest BCUT2D eigenvalue weighted by Gasteiger charge is 2.23. The van der Waals surface area contributed by atoms with Crippen LogP contribution in [0.3, 0.4) is 0 Å². The minimum absolute atomic E-state index is 0. The highest BCUT2D eigenvalue weighted by atomic mass is 35.5. The fraction of sp³-hybridized carbons (Fsp3) is 0.619. The molecule has 164 valence electrons. The summed E-state index contributed by atoms with van der Waals surface area (Å²) in [5, 5.41) is 6.34. The standard InChI is InChI=1S/C21H32N4O2.2ClH/c26-20(23-16-19-4-2-1-3-5-19)17-24-12-14-25(15-13-24)21(27)7-6-18-8-10-22-11-9-18;;/h1-5,18,22H,6-17H2,(H,23,26);2*1H. The summed E-state index contributed by atoms with van der Waals surface area (Å²) in [5.41, 5.74) is 1.11. The summed E-state index contributed by atoms with van der Waals surface area (Å²) in [6.45, 7) is 6.16. The molecular formula is C21H34Cl2N4O2. The highest BCUT2D eigenvalue weighted by Crippen LogP contribution is 2.18. The number of carbonyl (C=O) groups is 2. The first-order valence-corrected chi connectivity index (χ1v) is 10.2. The van der Waals surface area contributed by atoms with E-state index in [2.05, 4.69) is 15.5 Å². The van der Waals surface area contributed by atoms with Gasteiger partial charge in [0.2, 0.25) is 11.8 Å². The Labute approximate surface area is 186 Å². The zero-order valence-corrected chi connectivity index (χ0v) is 18.6. The van der Waals surface area contributed by atoms with Crippen molar-refractivity contribution in [2.45, 2.75) is 32.2 Å². The summed E-state index contributed by atoms with van der Waals surface area (Å²) in [4.78, 5) is 28.7. The first-order valence-electron chi connectivity index (χ1n) is 10.2. The van der Waals surface area contributed by atoms with Crippen LogP contribution in [0.2, 0.25) is 0 Å². The lowest BCUT2D eigenvalue weighted by atomic mass is 9.93. The van der Waals surface area contributed by atoms with Gasteiger partial charge in [0.05, 0.1) is 6.54 Å². The Morgan fingerprint density at radius 1 is 1.00 bits per heavy atom. The van der Waals surface area contributed by atoms with E-state index < -0.39 is 0 Å².